The summed E-state index contributed by atoms with van der Waals surface area (Å²) < 4.78 is 0. The van der Waals surface area contributed by atoms with Crippen LogP contribution in [-0.4, -0.2) is 16.2 Å². The first kappa shape index (κ1) is 12.4. The summed E-state index contributed by atoms with van der Waals surface area (Å²) in [6.45, 7) is 4.39. The van der Waals surface area contributed by atoms with Crippen molar-refractivity contribution < 1.29 is 0 Å². The van der Waals surface area contributed by atoms with Gasteiger partial charge in [0.2, 0.25) is 0 Å². The average molecular weight is 255 g/mol. The highest BCUT2D eigenvalue weighted by atomic mass is 15.1. The molecular formula is C16H21N3. The molecule has 0 aliphatic heterocycles. The molecule has 0 bridgehead atoms. The third-order valence-electron chi connectivity index (χ3n) is 4.28. The van der Waals surface area contributed by atoms with Gasteiger partial charge < -0.3 is 5.32 Å². The Morgan fingerprint density at radius 3 is 2.74 bits per heavy atom. The van der Waals surface area contributed by atoms with Crippen molar-refractivity contribution in [1.29, 1.82) is 0 Å². The van der Waals surface area contributed by atoms with Gasteiger partial charge in [-0.25, -0.2) is 0 Å². The Bertz CT molecular complexity index is 579. The third-order valence-corrected chi connectivity index (χ3v) is 4.28. The maximum Gasteiger partial charge on any atom is 0.0950 e. The first-order chi connectivity index (χ1) is 9.25. The summed E-state index contributed by atoms with van der Waals surface area (Å²) in [5, 5.41) is 13.5. The fraction of sp³-hybridized carbons (Fsp3) is 0.500. The lowest BCUT2D eigenvalue weighted by Crippen LogP contribution is -2.30. The van der Waals surface area contributed by atoms with Gasteiger partial charge in [-0.15, -0.1) is 0 Å². The van der Waals surface area contributed by atoms with E-state index in [0.717, 1.165) is 17.1 Å². The summed E-state index contributed by atoms with van der Waals surface area (Å²) in [6, 6.07) is 8.81. The van der Waals surface area contributed by atoms with Crippen LogP contribution in [-0.2, 0) is 0 Å². The molecule has 0 saturated heterocycles. The zero-order chi connectivity index (χ0) is 13.2. The molecule has 0 spiro atoms. The van der Waals surface area contributed by atoms with Crippen molar-refractivity contribution in [2.24, 2.45) is 5.92 Å². The molecule has 19 heavy (non-hydrogen) atoms. The van der Waals surface area contributed by atoms with Crippen LogP contribution in [0.5, 0.6) is 0 Å². The number of benzene rings is 1. The number of hydrogen-bond donors (Lipinski definition) is 1. The normalized spacial score (nSPS) is 23.5. The van der Waals surface area contributed by atoms with Crippen molar-refractivity contribution in [2.45, 2.75) is 45.6 Å². The number of fused-ring (bicyclic) bond motifs is 1. The molecule has 0 amide bonds. The van der Waals surface area contributed by atoms with Crippen LogP contribution in [0.3, 0.4) is 0 Å². The molecule has 0 radical (unpaired) electrons. The van der Waals surface area contributed by atoms with Crippen LogP contribution in [0.2, 0.25) is 0 Å². The number of nitrogens with one attached hydrogen (secondary N) is 1. The van der Waals surface area contributed by atoms with E-state index in [0.29, 0.717) is 6.04 Å². The van der Waals surface area contributed by atoms with Crippen molar-refractivity contribution in [2.75, 3.05) is 5.32 Å². The molecule has 3 heteroatoms. The summed E-state index contributed by atoms with van der Waals surface area (Å²) >= 11 is 0. The van der Waals surface area contributed by atoms with Gasteiger partial charge in [-0.1, -0.05) is 38.0 Å². The molecular weight excluding hydrogens is 234 g/mol. The quantitative estimate of drug-likeness (QED) is 0.883. The lowest BCUT2D eigenvalue weighted by Gasteiger charge is -2.31. The maximum atomic E-state index is 4.29. The molecule has 2 atom stereocenters. The number of anilines is 1. The third kappa shape index (κ3) is 2.42. The summed E-state index contributed by atoms with van der Waals surface area (Å²) in [5.74, 6) is 0.736. The predicted octanol–water partition coefficient (Wildman–Crippen LogP) is 3.93. The molecule has 100 valence electrons. The van der Waals surface area contributed by atoms with Crippen LogP contribution >= 0.6 is 0 Å². The first-order valence-corrected chi connectivity index (χ1v) is 7.24. The Balaban J connectivity index is 1.97. The van der Waals surface area contributed by atoms with E-state index in [4.69, 9.17) is 0 Å². The SMILES string of the molecule is Cc1nnc2ccccc2c1NC1CCCCC1C. The van der Waals surface area contributed by atoms with Crippen molar-refractivity contribution in [3.8, 4) is 0 Å². The highest BCUT2D eigenvalue weighted by molar-refractivity contribution is 5.91. The van der Waals surface area contributed by atoms with E-state index >= 15 is 0 Å². The minimum atomic E-state index is 0.569. The van der Waals surface area contributed by atoms with Gasteiger partial charge >= 0.3 is 0 Å². The van der Waals surface area contributed by atoms with E-state index in [2.05, 4.69) is 34.6 Å². The molecule has 1 heterocycles. The smallest absolute Gasteiger partial charge is 0.0950 e. The number of rotatable bonds is 2. The van der Waals surface area contributed by atoms with Gasteiger partial charge in [0.25, 0.3) is 0 Å². The fourth-order valence-electron chi connectivity index (χ4n) is 3.04. The van der Waals surface area contributed by atoms with Gasteiger partial charge in [-0.3, -0.25) is 0 Å². The van der Waals surface area contributed by atoms with Gasteiger partial charge in [0.05, 0.1) is 16.9 Å². The Morgan fingerprint density at radius 1 is 1.11 bits per heavy atom. The molecule has 1 aromatic carbocycles. The highest BCUT2D eigenvalue weighted by Crippen LogP contribution is 2.30. The van der Waals surface area contributed by atoms with Gasteiger partial charge in [0.1, 0.15) is 0 Å². The predicted molar refractivity (Wildman–Crippen MR) is 79.3 cm³/mol. The Labute approximate surface area is 114 Å². The van der Waals surface area contributed by atoms with Crippen molar-refractivity contribution >= 4 is 16.6 Å². The second-order valence-corrected chi connectivity index (χ2v) is 5.69. The molecule has 1 fully saturated rings. The summed E-state index contributed by atoms with van der Waals surface area (Å²) in [5.41, 5.74) is 3.14. The van der Waals surface area contributed by atoms with E-state index in [1.807, 2.05) is 19.1 Å². The number of hydrogen-bond acceptors (Lipinski definition) is 3. The molecule has 1 N–H and O–H groups in total. The monoisotopic (exact) mass is 255 g/mol. The largest absolute Gasteiger partial charge is 0.380 e. The van der Waals surface area contributed by atoms with Crippen LogP contribution in [0.25, 0.3) is 10.9 Å². The standard InChI is InChI=1S/C16H21N3/c1-11-7-3-5-9-14(11)17-16-12(2)18-19-15-10-6-4-8-13(15)16/h4,6,8,10-11,14H,3,5,7,9H2,1-2H3,(H,17,19). The highest BCUT2D eigenvalue weighted by Gasteiger charge is 2.22. The van der Waals surface area contributed by atoms with Gasteiger partial charge in [0, 0.05) is 11.4 Å². The minimum absolute atomic E-state index is 0.569. The van der Waals surface area contributed by atoms with E-state index in [9.17, 15) is 0 Å². The van der Waals surface area contributed by atoms with Crippen LogP contribution < -0.4 is 5.32 Å². The molecule has 1 aromatic heterocycles. The number of nitrogens with zero attached hydrogens (tertiary/aromatic N) is 2. The topological polar surface area (TPSA) is 37.8 Å². The molecule has 3 nitrogen and oxygen atoms in total. The molecule has 1 aliphatic carbocycles. The summed E-state index contributed by atoms with van der Waals surface area (Å²) in [4.78, 5) is 0. The molecule has 1 saturated carbocycles. The Hall–Kier alpha value is -1.64. The minimum Gasteiger partial charge on any atom is -0.380 e. The van der Waals surface area contributed by atoms with Gasteiger partial charge in [0.15, 0.2) is 0 Å². The van der Waals surface area contributed by atoms with E-state index in [-0.39, 0.29) is 0 Å². The van der Waals surface area contributed by atoms with Crippen LogP contribution in [0.4, 0.5) is 5.69 Å². The first-order valence-electron chi connectivity index (χ1n) is 7.24. The van der Waals surface area contributed by atoms with Crippen molar-refractivity contribution in [3.05, 3.63) is 30.0 Å². The van der Waals surface area contributed by atoms with Gasteiger partial charge in [-0.2, -0.15) is 10.2 Å². The zero-order valence-corrected chi connectivity index (χ0v) is 11.7. The van der Waals surface area contributed by atoms with Crippen molar-refractivity contribution in [1.82, 2.24) is 10.2 Å². The van der Waals surface area contributed by atoms with Gasteiger partial charge in [-0.05, 0) is 31.7 Å². The molecule has 1 aliphatic rings. The fourth-order valence-corrected chi connectivity index (χ4v) is 3.04. The average Bonchev–Trinajstić information content (AvgIpc) is 2.44. The summed E-state index contributed by atoms with van der Waals surface area (Å²) in [7, 11) is 0. The van der Waals surface area contributed by atoms with Crippen LogP contribution in [0, 0.1) is 12.8 Å². The van der Waals surface area contributed by atoms with Crippen LogP contribution in [0.1, 0.15) is 38.3 Å². The van der Waals surface area contributed by atoms with E-state index in [1.165, 1.54) is 36.8 Å². The lowest BCUT2D eigenvalue weighted by molar-refractivity contribution is 0.349. The molecule has 2 aromatic rings. The van der Waals surface area contributed by atoms with Crippen LogP contribution in [0.15, 0.2) is 24.3 Å². The van der Waals surface area contributed by atoms with E-state index < -0.39 is 0 Å². The van der Waals surface area contributed by atoms with E-state index in [1.54, 1.807) is 0 Å². The number of aryl methyl sites for hydroxylation is 1. The zero-order valence-electron chi connectivity index (χ0n) is 11.7. The molecule has 3 rings (SSSR count). The second kappa shape index (κ2) is 5.16. The maximum absolute atomic E-state index is 4.29. The number of aromatic nitrogens is 2. The lowest BCUT2D eigenvalue weighted by atomic mass is 9.85. The Morgan fingerprint density at radius 2 is 1.89 bits per heavy atom. The molecule has 2 unspecified atom stereocenters. The summed E-state index contributed by atoms with van der Waals surface area (Å²) in [6.07, 6.45) is 5.29. The second-order valence-electron chi connectivity index (χ2n) is 5.69. The Kier molecular flexibility index (Phi) is 3.36. The van der Waals surface area contributed by atoms with Crippen molar-refractivity contribution in [3.63, 3.8) is 0 Å².